The second-order valence-corrected chi connectivity index (χ2v) is 4.46. The van der Waals surface area contributed by atoms with Gasteiger partial charge in [-0.3, -0.25) is 9.48 Å². The first-order valence-corrected chi connectivity index (χ1v) is 5.51. The topological polar surface area (TPSA) is 84.2 Å². The van der Waals surface area contributed by atoms with E-state index in [-0.39, 0.29) is 5.91 Å². The minimum absolute atomic E-state index is 0.363. The van der Waals surface area contributed by atoms with Crippen molar-refractivity contribution in [2.75, 3.05) is 0 Å². The summed E-state index contributed by atoms with van der Waals surface area (Å²) in [4.78, 5) is 23.1. The van der Waals surface area contributed by atoms with Crippen LogP contribution in [0.2, 0.25) is 0 Å². The SMILES string of the molecule is Cc1c(C(=O)NC2(C(=O)O)CCC2)cnn1C. The van der Waals surface area contributed by atoms with Crippen LogP contribution in [0.1, 0.15) is 35.3 Å². The summed E-state index contributed by atoms with van der Waals surface area (Å²) >= 11 is 0. The lowest BCUT2D eigenvalue weighted by Crippen LogP contribution is -2.59. The molecule has 1 aliphatic rings. The third-order valence-corrected chi connectivity index (χ3v) is 3.45. The van der Waals surface area contributed by atoms with Crippen molar-refractivity contribution in [1.29, 1.82) is 0 Å². The van der Waals surface area contributed by atoms with Crippen LogP contribution in [0.15, 0.2) is 6.20 Å². The Morgan fingerprint density at radius 3 is 2.53 bits per heavy atom. The minimum atomic E-state index is -1.07. The summed E-state index contributed by atoms with van der Waals surface area (Å²) in [5.74, 6) is -1.32. The predicted molar refractivity (Wildman–Crippen MR) is 59.6 cm³/mol. The maximum Gasteiger partial charge on any atom is 0.329 e. The number of nitrogens with one attached hydrogen (secondary N) is 1. The van der Waals surface area contributed by atoms with Gasteiger partial charge >= 0.3 is 5.97 Å². The van der Waals surface area contributed by atoms with Crippen LogP contribution in [0.3, 0.4) is 0 Å². The van der Waals surface area contributed by atoms with Crippen molar-refractivity contribution in [2.45, 2.75) is 31.7 Å². The lowest BCUT2D eigenvalue weighted by Gasteiger charge is -2.38. The van der Waals surface area contributed by atoms with E-state index in [9.17, 15) is 9.59 Å². The summed E-state index contributed by atoms with van der Waals surface area (Å²) < 4.78 is 1.59. The van der Waals surface area contributed by atoms with Crippen LogP contribution in [-0.2, 0) is 11.8 Å². The molecule has 0 bridgehead atoms. The lowest BCUT2D eigenvalue weighted by atomic mass is 9.76. The predicted octanol–water partition coefficient (Wildman–Crippen LogP) is 0.466. The van der Waals surface area contributed by atoms with Crippen molar-refractivity contribution in [3.8, 4) is 0 Å². The Morgan fingerprint density at radius 1 is 1.53 bits per heavy atom. The lowest BCUT2D eigenvalue weighted by molar-refractivity contribution is -0.148. The molecule has 0 aliphatic heterocycles. The summed E-state index contributed by atoms with van der Waals surface area (Å²) in [7, 11) is 1.74. The molecule has 1 aliphatic carbocycles. The van der Waals surface area contributed by atoms with E-state index >= 15 is 0 Å². The molecule has 1 aromatic rings. The highest BCUT2D eigenvalue weighted by atomic mass is 16.4. The van der Waals surface area contributed by atoms with E-state index in [0.29, 0.717) is 18.4 Å². The van der Waals surface area contributed by atoms with Gasteiger partial charge in [0.15, 0.2) is 0 Å². The average molecular weight is 237 g/mol. The van der Waals surface area contributed by atoms with Gasteiger partial charge in [-0.25, -0.2) is 4.79 Å². The summed E-state index contributed by atoms with van der Waals surface area (Å²) in [6, 6.07) is 0. The number of aromatic nitrogens is 2. The number of carboxylic acid groups (broad SMARTS) is 1. The number of aliphatic carboxylic acids is 1. The van der Waals surface area contributed by atoms with Gasteiger partial charge in [0, 0.05) is 12.7 Å². The maximum absolute atomic E-state index is 12.0. The molecule has 2 N–H and O–H groups in total. The zero-order valence-electron chi connectivity index (χ0n) is 9.86. The fourth-order valence-corrected chi connectivity index (χ4v) is 1.93. The quantitative estimate of drug-likeness (QED) is 0.800. The third kappa shape index (κ3) is 1.79. The molecule has 1 saturated carbocycles. The molecule has 0 saturated heterocycles. The number of hydrogen-bond acceptors (Lipinski definition) is 3. The fourth-order valence-electron chi connectivity index (χ4n) is 1.93. The molecule has 1 aromatic heterocycles. The van der Waals surface area contributed by atoms with Crippen LogP contribution in [-0.4, -0.2) is 32.3 Å². The summed E-state index contributed by atoms with van der Waals surface area (Å²) in [6.45, 7) is 1.77. The van der Waals surface area contributed by atoms with Gasteiger partial charge in [-0.15, -0.1) is 0 Å². The van der Waals surface area contributed by atoms with Crippen LogP contribution in [0.25, 0.3) is 0 Å². The van der Waals surface area contributed by atoms with E-state index in [1.165, 1.54) is 6.20 Å². The maximum atomic E-state index is 12.0. The molecular formula is C11H15N3O3. The molecule has 0 spiro atoms. The van der Waals surface area contributed by atoms with Crippen LogP contribution < -0.4 is 5.32 Å². The van der Waals surface area contributed by atoms with Crippen LogP contribution in [0.4, 0.5) is 0 Å². The van der Waals surface area contributed by atoms with E-state index in [4.69, 9.17) is 5.11 Å². The molecule has 1 heterocycles. The van der Waals surface area contributed by atoms with Gasteiger partial charge in [0.2, 0.25) is 0 Å². The minimum Gasteiger partial charge on any atom is -0.480 e. The molecule has 0 aromatic carbocycles. The molecule has 0 unspecified atom stereocenters. The zero-order chi connectivity index (χ0) is 12.6. The van der Waals surface area contributed by atoms with Gasteiger partial charge in [-0.1, -0.05) is 0 Å². The first-order valence-electron chi connectivity index (χ1n) is 5.51. The number of aryl methyl sites for hydroxylation is 1. The first-order chi connectivity index (χ1) is 7.96. The van der Waals surface area contributed by atoms with Crippen LogP contribution >= 0.6 is 0 Å². The van der Waals surface area contributed by atoms with Crippen molar-refractivity contribution >= 4 is 11.9 Å². The van der Waals surface area contributed by atoms with E-state index in [1.54, 1.807) is 18.7 Å². The Labute approximate surface area is 98.6 Å². The van der Waals surface area contributed by atoms with Gasteiger partial charge in [-0.05, 0) is 26.2 Å². The molecule has 1 fully saturated rings. The second-order valence-electron chi connectivity index (χ2n) is 4.46. The number of carbonyl (C=O) groups excluding carboxylic acids is 1. The molecular weight excluding hydrogens is 222 g/mol. The Morgan fingerprint density at radius 2 is 2.18 bits per heavy atom. The highest BCUT2D eigenvalue weighted by Gasteiger charge is 2.46. The average Bonchev–Trinajstić information content (AvgIpc) is 2.53. The van der Waals surface area contributed by atoms with E-state index in [2.05, 4.69) is 10.4 Å². The Hall–Kier alpha value is -1.85. The molecule has 0 radical (unpaired) electrons. The third-order valence-electron chi connectivity index (χ3n) is 3.45. The summed E-state index contributed by atoms with van der Waals surface area (Å²) in [5.41, 5.74) is 0.0849. The molecule has 1 amide bonds. The smallest absolute Gasteiger partial charge is 0.329 e. The molecule has 6 nitrogen and oxygen atoms in total. The van der Waals surface area contributed by atoms with Gasteiger partial charge < -0.3 is 10.4 Å². The van der Waals surface area contributed by atoms with Gasteiger partial charge in [-0.2, -0.15) is 5.10 Å². The van der Waals surface area contributed by atoms with Gasteiger partial charge in [0.05, 0.1) is 11.8 Å². The highest BCUT2D eigenvalue weighted by Crippen LogP contribution is 2.32. The van der Waals surface area contributed by atoms with Gasteiger partial charge in [0.25, 0.3) is 5.91 Å². The normalized spacial score (nSPS) is 17.3. The second kappa shape index (κ2) is 3.87. The standard InChI is InChI=1S/C11H15N3O3/c1-7-8(6-12-14(7)2)9(15)13-11(10(16)17)4-3-5-11/h6H,3-5H2,1-2H3,(H,13,15)(H,16,17). The van der Waals surface area contributed by atoms with Gasteiger partial charge in [0.1, 0.15) is 5.54 Å². The van der Waals surface area contributed by atoms with Crippen molar-refractivity contribution in [3.63, 3.8) is 0 Å². The first kappa shape index (κ1) is 11.6. The zero-order valence-corrected chi connectivity index (χ0v) is 9.86. The highest BCUT2D eigenvalue weighted by molar-refractivity contribution is 5.98. The largest absolute Gasteiger partial charge is 0.480 e. The molecule has 2 rings (SSSR count). The number of carboxylic acids is 1. The van der Waals surface area contributed by atoms with Crippen molar-refractivity contribution in [1.82, 2.24) is 15.1 Å². The number of nitrogens with zero attached hydrogens (tertiary/aromatic N) is 2. The fraction of sp³-hybridized carbons (Fsp3) is 0.545. The Balaban J connectivity index is 2.17. The Kier molecular flexibility index (Phi) is 2.65. The molecule has 17 heavy (non-hydrogen) atoms. The molecule has 92 valence electrons. The van der Waals surface area contributed by atoms with E-state index in [1.807, 2.05) is 0 Å². The summed E-state index contributed by atoms with van der Waals surface area (Å²) in [6.07, 6.45) is 3.28. The Bertz CT molecular complexity index is 474. The van der Waals surface area contributed by atoms with Crippen molar-refractivity contribution in [3.05, 3.63) is 17.5 Å². The molecule has 0 atom stereocenters. The van der Waals surface area contributed by atoms with E-state index in [0.717, 1.165) is 12.1 Å². The van der Waals surface area contributed by atoms with Crippen LogP contribution in [0.5, 0.6) is 0 Å². The van der Waals surface area contributed by atoms with Crippen molar-refractivity contribution in [2.24, 2.45) is 7.05 Å². The molecule has 6 heteroatoms. The van der Waals surface area contributed by atoms with Crippen molar-refractivity contribution < 1.29 is 14.7 Å². The number of carbonyl (C=O) groups is 2. The number of amides is 1. The van der Waals surface area contributed by atoms with E-state index < -0.39 is 11.5 Å². The number of hydrogen-bond donors (Lipinski definition) is 2. The monoisotopic (exact) mass is 237 g/mol. The van der Waals surface area contributed by atoms with Crippen LogP contribution in [0, 0.1) is 6.92 Å². The number of rotatable bonds is 3. The summed E-state index contributed by atoms with van der Waals surface area (Å²) in [5, 5.41) is 15.7.